The van der Waals surface area contributed by atoms with E-state index < -0.39 is 5.97 Å². The summed E-state index contributed by atoms with van der Waals surface area (Å²) in [7, 11) is 0. The van der Waals surface area contributed by atoms with E-state index in [4.69, 9.17) is 4.74 Å². The fraction of sp³-hybridized carbons (Fsp3) is 0.238. The smallest absolute Gasteiger partial charge is 0.323 e. The van der Waals surface area contributed by atoms with Gasteiger partial charge in [0.1, 0.15) is 12.3 Å². The van der Waals surface area contributed by atoms with Gasteiger partial charge in [-0.25, -0.2) is 0 Å². The molecule has 0 amide bonds. The monoisotopic (exact) mass is 351 g/mol. The molecule has 0 fully saturated rings. The van der Waals surface area contributed by atoms with Gasteiger partial charge in [0.2, 0.25) is 0 Å². The van der Waals surface area contributed by atoms with E-state index in [0.717, 1.165) is 16.9 Å². The van der Waals surface area contributed by atoms with Crippen LogP contribution in [0.3, 0.4) is 0 Å². The van der Waals surface area contributed by atoms with E-state index in [2.05, 4.69) is 0 Å². The van der Waals surface area contributed by atoms with Crippen molar-refractivity contribution in [1.82, 2.24) is 0 Å². The molecule has 26 heavy (non-hydrogen) atoms. The van der Waals surface area contributed by atoms with Gasteiger partial charge in [-0.3, -0.25) is 9.59 Å². The maximum Gasteiger partial charge on any atom is 0.323 e. The molecule has 0 radical (unpaired) electrons. The van der Waals surface area contributed by atoms with E-state index >= 15 is 0 Å². The summed E-state index contributed by atoms with van der Waals surface area (Å²) in [4.78, 5) is 25.9. The normalized spacial score (nSPS) is 15.1. The van der Waals surface area contributed by atoms with Crippen LogP contribution >= 0.6 is 0 Å². The summed E-state index contributed by atoms with van der Waals surface area (Å²) in [5.74, 6) is -0.205. The second-order valence-electron chi connectivity index (χ2n) is 6.27. The third kappa shape index (κ3) is 3.77. The van der Waals surface area contributed by atoms with Crippen molar-refractivity contribution in [3.63, 3.8) is 0 Å². The predicted octanol–water partition coefficient (Wildman–Crippen LogP) is 3.56. The van der Waals surface area contributed by atoms with Crippen molar-refractivity contribution in [2.75, 3.05) is 24.6 Å². The van der Waals surface area contributed by atoms with Crippen LogP contribution in [0.15, 0.2) is 48.0 Å². The number of aliphatic carboxylic acids is 1. The van der Waals surface area contributed by atoms with Crippen molar-refractivity contribution in [3.05, 3.63) is 64.7 Å². The Morgan fingerprint density at radius 2 is 1.96 bits per heavy atom. The Labute approximate surface area is 152 Å². The molecule has 0 atom stereocenters. The van der Waals surface area contributed by atoms with Crippen LogP contribution in [0.1, 0.15) is 28.4 Å². The van der Waals surface area contributed by atoms with Crippen molar-refractivity contribution in [1.29, 1.82) is 0 Å². The standard InChI is InChI=1S/C21H21NO4/c1-3-26-17-7-5-15(6-8-17)11-16-12-22(13-20(23)24)19-9-4-14(2)10-18(19)21(16)25/h4-11H,3,12-13H2,1-2H3,(H,23,24)/b16-11+. The first-order valence-corrected chi connectivity index (χ1v) is 8.53. The Balaban J connectivity index is 1.97. The van der Waals surface area contributed by atoms with Crippen LogP contribution < -0.4 is 9.64 Å². The Morgan fingerprint density at radius 3 is 2.62 bits per heavy atom. The fourth-order valence-corrected chi connectivity index (χ4v) is 3.09. The lowest BCUT2D eigenvalue weighted by molar-refractivity contribution is -0.135. The van der Waals surface area contributed by atoms with E-state index in [-0.39, 0.29) is 18.9 Å². The highest BCUT2D eigenvalue weighted by Gasteiger charge is 2.28. The lowest BCUT2D eigenvalue weighted by Crippen LogP contribution is -2.37. The number of carboxylic acid groups (broad SMARTS) is 1. The highest BCUT2D eigenvalue weighted by Crippen LogP contribution is 2.31. The van der Waals surface area contributed by atoms with Crippen molar-refractivity contribution in [2.45, 2.75) is 13.8 Å². The highest BCUT2D eigenvalue weighted by atomic mass is 16.5. The molecule has 2 aromatic rings. The number of carbonyl (C=O) groups is 2. The Morgan fingerprint density at radius 1 is 1.23 bits per heavy atom. The first-order chi connectivity index (χ1) is 12.5. The zero-order chi connectivity index (χ0) is 18.7. The number of carboxylic acids is 1. The number of hydrogen-bond donors (Lipinski definition) is 1. The van der Waals surface area contributed by atoms with Crippen molar-refractivity contribution in [2.24, 2.45) is 0 Å². The number of ketones is 1. The van der Waals surface area contributed by atoms with E-state index in [1.165, 1.54) is 0 Å². The minimum absolute atomic E-state index is 0.0563. The maximum absolute atomic E-state index is 12.9. The predicted molar refractivity (Wildman–Crippen MR) is 101 cm³/mol. The van der Waals surface area contributed by atoms with Crippen LogP contribution in [0.25, 0.3) is 6.08 Å². The number of nitrogens with zero attached hydrogens (tertiary/aromatic N) is 1. The van der Waals surface area contributed by atoms with Crippen LogP contribution in [0.2, 0.25) is 0 Å². The zero-order valence-corrected chi connectivity index (χ0v) is 14.9. The lowest BCUT2D eigenvalue weighted by atomic mass is 9.93. The molecule has 0 saturated heterocycles. The molecule has 0 aromatic heterocycles. The van der Waals surface area contributed by atoms with Gasteiger partial charge in [0, 0.05) is 23.4 Å². The summed E-state index contributed by atoms with van der Waals surface area (Å²) in [6.45, 7) is 4.56. The highest BCUT2D eigenvalue weighted by molar-refractivity contribution is 6.17. The molecule has 0 saturated carbocycles. The van der Waals surface area contributed by atoms with Gasteiger partial charge in [-0.15, -0.1) is 0 Å². The Kier molecular flexibility index (Phi) is 5.07. The first kappa shape index (κ1) is 17.7. The summed E-state index contributed by atoms with van der Waals surface area (Å²) >= 11 is 0. The number of rotatable bonds is 5. The lowest BCUT2D eigenvalue weighted by Gasteiger charge is -2.31. The minimum Gasteiger partial charge on any atom is -0.494 e. The van der Waals surface area contributed by atoms with Gasteiger partial charge in [-0.05, 0) is 49.8 Å². The maximum atomic E-state index is 12.9. The molecule has 2 aromatic carbocycles. The third-order valence-corrected chi connectivity index (χ3v) is 4.25. The van der Waals surface area contributed by atoms with Crippen molar-refractivity contribution >= 4 is 23.5 Å². The molecule has 0 unspecified atom stereocenters. The molecule has 0 bridgehead atoms. The number of anilines is 1. The van der Waals surface area contributed by atoms with E-state index in [1.807, 2.05) is 62.4 Å². The number of hydrogen-bond acceptors (Lipinski definition) is 4. The average molecular weight is 351 g/mol. The molecule has 134 valence electrons. The van der Waals surface area contributed by atoms with Crippen LogP contribution in [-0.2, 0) is 4.79 Å². The molecule has 3 rings (SSSR count). The summed E-state index contributed by atoms with van der Waals surface area (Å²) in [6, 6.07) is 13.0. The van der Waals surface area contributed by atoms with Crippen molar-refractivity contribution in [3.8, 4) is 5.75 Å². The zero-order valence-electron chi connectivity index (χ0n) is 14.9. The molecule has 1 heterocycles. The fourth-order valence-electron chi connectivity index (χ4n) is 3.09. The van der Waals surface area contributed by atoms with Crippen LogP contribution in [0.4, 0.5) is 5.69 Å². The first-order valence-electron chi connectivity index (χ1n) is 8.53. The third-order valence-electron chi connectivity index (χ3n) is 4.25. The molecule has 1 N–H and O–H groups in total. The quantitative estimate of drug-likeness (QED) is 0.834. The molecule has 5 nitrogen and oxygen atoms in total. The van der Waals surface area contributed by atoms with Crippen LogP contribution in [-0.4, -0.2) is 36.6 Å². The number of benzene rings is 2. The van der Waals surface area contributed by atoms with E-state index in [1.54, 1.807) is 4.90 Å². The van der Waals surface area contributed by atoms with Gasteiger partial charge >= 0.3 is 5.97 Å². The molecule has 0 spiro atoms. The molecular weight excluding hydrogens is 330 g/mol. The minimum atomic E-state index is -0.925. The van der Waals surface area contributed by atoms with Crippen LogP contribution in [0.5, 0.6) is 5.75 Å². The summed E-state index contributed by atoms with van der Waals surface area (Å²) in [5, 5.41) is 9.21. The summed E-state index contributed by atoms with van der Waals surface area (Å²) < 4.78 is 5.43. The van der Waals surface area contributed by atoms with Gasteiger partial charge in [-0.1, -0.05) is 23.8 Å². The molecule has 5 heteroatoms. The second kappa shape index (κ2) is 7.44. The second-order valence-corrected chi connectivity index (χ2v) is 6.27. The summed E-state index contributed by atoms with van der Waals surface area (Å²) in [5.41, 5.74) is 3.65. The molecular formula is C21H21NO4. The van der Waals surface area contributed by atoms with E-state index in [9.17, 15) is 14.7 Å². The summed E-state index contributed by atoms with van der Waals surface area (Å²) in [6.07, 6.45) is 1.82. The number of carbonyl (C=O) groups excluding carboxylic acids is 1. The van der Waals surface area contributed by atoms with Gasteiger partial charge in [0.05, 0.1) is 6.61 Å². The number of ether oxygens (including phenoxy) is 1. The molecule has 1 aliphatic heterocycles. The Hall–Kier alpha value is -3.08. The van der Waals surface area contributed by atoms with E-state index in [0.29, 0.717) is 23.4 Å². The largest absolute Gasteiger partial charge is 0.494 e. The number of aryl methyl sites for hydroxylation is 1. The number of Topliss-reactive ketones (excluding diaryl/α,β-unsaturated/α-hetero) is 1. The molecule has 0 aliphatic carbocycles. The molecule has 1 aliphatic rings. The van der Waals surface area contributed by atoms with Gasteiger partial charge in [0.15, 0.2) is 5.78 Å². The van der Waals surface area contributed by atoms with Crippen LogP contribution in [0, 0.1) is 6.92 Å². The van der Waals surface area contributed by atoms with Crippen molar-refractivity contribution < 1.29 is 19.4 Å². The SMILES string of the molecule is CCOc1ccc(/C=C2\CN(CC(=O)O)c3ccc(C)cc3C2=O)cc1. The Bertz CT molecular complexity index is 868. The number of fused-ring (bicyclic) bond motifs is 1. The van der Waals surface area contributed by atoms with Gasteiger partial charge in [-0.2, -0.15) is 0 Å². The average Bonchev–Trinajstić information content (AvgIpc) is 2.60. The van der Waals surface area contributed by atoms with Gasteiger partial charge < -0.3 is 14.7 Å². The van der Waals surface area contributed by atoms with Gasteiger partial charge in [0.25, 0.3) is 0 Å². The topological polar surface area (TPSA) is 66.8 Å².